The van der Waals surface area contributed by atoms with Crippen LogP contribution in [0.2, 0.25) is 0 Å². The molecule has 4 nitrogen and oxygen atoms in total. The maximum absolute atomic E-state index is 10.1. The predicted molar refractivity (Wildman–Crippen MR) is 137 cm³/mol. The van der Waals surface area contributed by atoms with E-state index in [-0.39, 0.29) is 23.6 Å². The van der Waals surface area contributed by atoms with Crippen LogP contribution < -0.4 is 4.74 Å². The van der Waals surface area contributed by atoms with E-state index < -0.39 is 12.1 Å². The number of benzene rings is 1. The second-order valence-electron chi connectivity index (χ2n) is 6.70. The van der Waals surface area contributed by atoms with E-state index >= 15 is 0 Å². The fourth-order valence-electron chi connectivity index (χ4n) is 2.95. The smallest absolute Gasteiger partial charge is 0.303 e. The minimum absolute atomic E-state index is 0.0329. The molecule has 1 heterocycles. The lowest BCUT2D eigenvalue weighted by Crippen LogP contribution is -2.35. The highest BCUT2D eigenvalue weighted by Crippen LogP contribution is 2.33. The summed E-state index contributed by atoms with van der Waals surface area (Å²) in [6.45, 7) is 12.1. The first-order valence-corrected chi connectivity index (χ1v) is 12.8. The Balaban J connectivity index is 0. The number of carboxylic acids is 1. The lowest BCUT2D eigenvalue weighted by atomic mass is 9.83. The van der Waals surface area contributed by atoms with Gasteiger partial charge in [0.15, 0.2) is 5.06 Å². The Morgan fingerprint density at radius 1 is 1.13 bits per heavy atom. The van der Waals surface area contributed by atoms with E-state index in [0.29, 0.717) is 6.61 Å². The number of rotatable bonds is 9. The number of halogens is 2. The summed E-state index contributed by atoms with van der Waals surface area (Å²) < 4.78 is 7.22. The molecular weight excluding hydrogens is 455 g/mol. The summed E-state index contributed by atoms with van der Waals surface area (Å²) in [6, 6.07) is 10.3. The molecule has 1 aromatic heterocycles. The highest BCUT2D eigenvalue weighted by Gasteiger charge is 2.29. The van der Waals surface area contributed by atoms with Crippen molar-refractivity contribution in [1.29, 1.82) is 0 Å². The molecule has 0 fully saturated rings. The van der Waals surface area contributed by atoms with Gasteiger partial charge in [-0.15, -0.1) is 23.2 Å². The third-order valence-corrected chi connectivity index (χ3v) is 5.86. The molecule has 0 radical (unpaired) electrons. The molecule has 0 saturated heterocycles. The van der Waals surface area contributed by atoms with Crippen LogP contribution in [0.4, 0.5) is 0 Å². The second kappa shape index (κ2) is 19.7. The first-order chi connectivity index (χ1) is 14.8. The molecule has 0 aliphatic rings. The first-order valence-electron chi connectivity index (χ1n) is 10.8. The van der Waals surface area contributed by atoms with Gasteiger partial charge in [0.25, 0.3) is 0 Å². The summed E-state index contributed by atoms with van der Waals surface area (Å²) in [7, 11) is 0. The summed E-state index contributed by atoms with van der Waals surface area (Å²) in [5, 5.41) is 20.0. The normalized spacial score (nSPS) is 13.7. The molecule has 2 N–H and O–H groups in total. The Labute approximate surface area is 202 Å². The number of ether oxygens (including phenoxy) is 1. The Morgan fingerprint density at radius 2 is 1.68 bits per heavy atom. The molecule has 31 heavy (non-hydrogen) atoms. The SMILES string of the molecule is CC.CCC(=O)O.CCC[C@@H](C(C)Cl)C(COc1cc2ccccc2s1)[C@@H](C)O.CCl. The van der Waals surface area contributed by atoms with Crippen LogP contribution in [-0.4, -0.2) is 40.7 Å². The van der Waals surface area contributed by atoms with Crippen LogP contribution in [-0.2, 0) is 4.79 Å². The summed E-state index contributed by atoms with van der Waals surface area (Å²) >= 11 is 12.6. The second-order valence-corrected chi connectivity index (χ2v) is 8.43. The van der Waals surface area contributed by atoms with E-state index in [1.54, 1.807) is 18.3 Å². The van der Waals surface area contributed by atoms with E-state index in [9.17, 15) is 9.90 Å². The van der Waals surface area contributed by atoms with Gasteiger partial charge in [-0.05, 0) is 43.7 Å². The lowest BCUT2D eigenvalue weighted by Gasteiger charge is -2.30. The molecule has 2 unspecified atom stereocenters. The Kier molecular flexibility index (Phi) is 20.4. The van der Waals surface area contributed by atoms with Gasteiger partial charge in [-0.2, -0.15) is 0 Å². The molecule has 180 valence electrons. The average molecular weight is 496 g/mol. The number of hydrogen-bond acceptors (Lipinski definition) is 4. The van der Waals surface area contributed by atoms with E-state index in [1.807, 2.05) is 39.8 Å². The number of carboxylic acid groups (broad SMARTS) is 1. The zero-order valence-electron chi connectivity index (χ0n) is 19.9. The van der Waals surface area contributed by atoms with Gasteiger partial charge < -0.3 is 14.9 Å². The van der Waals surface area contributed by atoms with Crippen molar-refractivity contribution in [3.05, 3.63) is 30.3 Å². The Morgan fingerprint density at radius 3 is 2.10 bits per heavy atom. The summed E-state index contributed by atoms with van der Waals surface area (Å²) in [6.07, 6.45) is 3.34. The van der Waals surface area contributed by atoms with Crippen LogP contribution in [0.3, 0.4) is 0 Å². The topological polar surface area (TPSA) is 66.8 Å². The van der Waals surface area contributed by atoms with Gasteiger partial charge in [-0.25, -0.2) is 0 Å². The van der Waals surface area contributed by atoms with Gasteiger partial charge >= 0.3 is 5.97 Å². The molecule has 0 amide bonds. The predicted octanol–water partition coefficient (Wildman–Crippen LogP) is 7.68. The molecular formula is C24H40Cl2O4S. The van der Waals surface area contributed by atoms with Gasteiger partial charge in [-0.1, -0.05) is 63.7 Å². The molecule has 2 aromatic rings. The van der Waals surface area contributed by atoms with Gasteiger partial charge in [0, 0.05) is 28.8 Å². The van der Waals surface area contributed by atoms with Crippen LogP contribution in [0.1, 0.15) is 60.8 Å². The van der Waals surface area contributed by atoms with Crippen molar-refractivity contribution in [2.45, 2.75) is 72.3 Å². The van der Waals surface area contributed by atoms with E-state index in [1.165, 1.54) is 16.5 Å². The fraction of sp³-hybridized carbons (Fsp3) is 0.625. The summed E-state index contributed by atoms with van der Waals surface area (Å²) in [4.78, 5) is 9.37. The third kappa shape index (κ3) is 13.2. The van der Waals surface area contributed by atoms with Crippen LogP contribution in [0.25, 0.3) is 10.1 Å². The molecule has 0 saturated carbocycles. The van der Waals surface area contributed by atoms with Crippen molar-refractivity contribution in [3.63, 3.8) is 0 Å². The highest BCUT2D eigenvalue weighted by molar-refractivity contribution is 7.20. The number of fused-ring (bicyclic) bond motifs is 1. The molecule has 2 rings (SSSR count). The number of thiophene rings is 1. The Hall–Kier alpha value is -1.01. The standard InChI is InChI=1S/C18H25ClO2S.C3H6O2.C2H6.CH3Cl/c1-4-7-15(12(2)19)16(13(3)20)11-21-18-10-14-8-5-6-9-17(14)22-18;1-2-3(4)5;2*1-2/h5-6,8-10,12-13,15-16,20H,4,7,11H2,1-3H3;2H2,1H3,(H,4,5);1-2H3;1H3/t12?,13-,15+,16?;;;/m1.../s1. The number of aliphatic hydroxyl groups is 1. The van der Waals surface area contributed by atoms with Crippen LogP contribution in [0.5, 0.6) is 5.06 Å². The van der Waals surface area contributed by atoms with Gasteiger partial charge in [0.1, 0.15) is 0 Å². The van der Waals surface area contributed by atoms with Gasteiger partial charge in [0.2, 0.25) is 0 Å². The molecule has 0 aliphatic heterocycles. The van der Waals surface area contributed by atoms with E-state index in [0.717, 1.165) is 17.9 Å². The third-order valence-electron chi connectivity index (χ3n) is 4.50. The number of aliphatic carboxylic acids is 1. The number of aliphatic hydroxyl groups excluding tert-OH is 1. The van der Waals surface area contributed by atoms with Crippen LogP contribution in [0.15, 0.2) is 30.3 Å². The molecule has 1 aromatic carbocycles. The number of carbonyl (C=O) groups is 1. The van der Waals surface area contributed by atoms with Crippen molar-refractivity contribution >= 4 is 50.6 Å². The van der Waals surface area contributed by atoms with Crippen LogP contribution >= 0.6 is 34.5 Å². The monoisotopic (exact) mass is 494 g/mol. The van der Waals surface area contributed by atoms with Crippen molar-refractivity contribution in [2.24, 2.45) is 11.8 Å². The average Bonchev–Trinajstić information content (AvgIpc) is 3.19. The molecule has 4 atom stereocenters. The van der Waals surface area contributed by atoms with E-state index in [2.05, 4.69) is 36.7 Å². The maximum atomic E-state index is 10.1. The first kappa shape index (κ1) is 32.2. The minimum atomic E-state index is -0.745. The Bertz CT molecular complexity index is 656. The highest BCUT2D eigenvalue weighted by atomic mass is 35.5. The lowest BCUT2D eigenvalue weighted by molar-refractivity contribution is -0.136. The quantitative estimate of drug-likeness (QED) is 0.350. The fourth-order valence-corrected chi connectivity index (χ4v) is 4.18. The maximum Gasteiger partial charge on any atom is 0.303 e. The van der Waals surface area contributed by atoms with Crippen molar-refractivity contribution in [3.8, 4) is 5.06 Å². The molecule has 0 spiro atoms. The van der Waals surface area contributed by atoms with Crippen molar-refractivity contribution in [2.75, 3.05) is 13.0 Å². The summed E-state index contributed by atoms with van der Waals surface area (Å²) in [5.41, 5.74) is 0. The number of alkyl halides is 2. The molecule has 0 aliphatic carbocycles. The van der Waals surface area contributed by atoms with Crippen LogP contribution in [0, 0.1) is 11.8 Å². The molecule has 7 heteroatoms. The van der Waals surface area contributed by atoms with Gasteiger partial charge in [0.05, 0.1) is 12.7 Å². The van der Waals surface area contributed by atoms with Crippen molar-refractivity contribution in [1.82, 2.24) is 0 Å². The summed E-state index contributed by atoms with van der Waals surface area (Å²) in [5.74, 6) is -0.427. The largest absolute Gasteiger partial charge is 0.484 e. The zero-order chi connectivity index (χ0) is 24.4. The van der Waals surface area contributed by atoms with E-state index in [4.69, 9.17) is 21.4 Å². The van der Waals surface area contributed by atoms with Crippen molar-refractivity contribution < 1.29 is 19.7 Å². The molecule has 0 bridgehead atoms. The zero-order valence-corrected chi connectivity index (χ0v) is 22.2. The minimum Gasteiger partial charge on any atom is -0.484 e. The van der Waals surface area contributed by atoms with Gasteiger partial charge in [-0.3, -0.25) is 4.79 Å². The number of hydrogen-bond donors (Lipinski definition) is 2.